The molecule has 0 aromatic rings. The number of hydrogen-bond donors (Lipinski definition) is 0. The van der Waals surface area contributed by atoms with Gasteiger partial charge in [-0.3, -0.25) is 0 Å². The number of hydrogen-bond acceptors (Lipinski definition) is 2. The van der Waals surface area contributed by atoms with Crippen molar-refractivity contribution in [2.45, 2.75) is 52.6 Å². The summed E-state index contributed by atoms with van der Waals surface area (Å²) in [5, 5.41) is 0. The highest BCUT2D eigenvalue weighted by atomic mass is 16.5. The van der Waals surface area contributed by atoms with Crippen molar-refractivity contribution in [3.63, 3.8) is 0 Å². The number of ether oxygens (including phenoxy) is 1. The molecule has 1 heterocycles. The molecular formula is C12H27NO. The van der Waals surface area contributed by atoms with Crippen LogP contribution in [0.25, 0.3) is 0 Å². The van der Waals surface area contributed by atoms with Crippen LogP contribution in [0.1, 0.15) is 46.5 Å². The maximum atomic E-state index is 5.65. The average molecular weight is 201 g/mol. The lowest BCUT2D eigenvalue weighted by molar-refractivity contribution is 0.0129. The lowest BCUT2D eigenvalue weighted by Gasteiger charge is -2.28. The number of likely N-dealkylation sites (tertiary alicyclic amines) is 1. The molecule has 1 aliphatic rings. The molecule has 2 heteroatoms. The van der Waals surface area contributed by atoms with E-state index in [1.807, 2.05) is 0 Å². The zero-order valence-electron chi connectivity index (χ0n) is 10.4. The summed E-state index contributed by atoms with van der Waals surface area (Å²) in [6, 6.07) is 0. The van der Waals surface area contributed by atoms with Gasteiger partial charge >= 0.3 is 0 Å². The van der Waals surface area contributed by atoms with Crippen LogP contribution >= 0.6 is 0 Å². The third kappa shape index (κ3) is 7.34. The van der Waals surface area contributed by atoms with E-state index >= 15 is 0 Å². The van der Waals surface area contributed by atoms with Gasteiger partial charge in [-0.1, -0.05) is 27.2 Å². The maximum Gasteiger partial charge on any atom is 0.0599 e. The number of piperidine rings is 1. The van der Waals surface area contributed by atoms with Gasteiger partial charge in [-0.15, -0.1) is 0 Å². The van der Waals surface area contributed by atoms with Crippen LogP contribution in [-0.2, 0) is 4.74 Å². The normalized spacial score (nSPS) is 18.9. The summed E-state index contributed by atoms with van der Waals surface area (Å²) in [7, 11) is 2.18. The van der Waals surface area contributed by atoms with E-state index in [4.69, 9.17) is 4.74 Å². The molecule has 0 atom stereocenters. The first kappa shape index (κ1) is 13.9. The van der Waals surface area contributed by atoms with Gasteiger partial charge in [-0.05, 0) is 26.3 Å². The van der Waals surface area contributed by atoms with Gasteiger partial charge in [0, 0.05) is 19.7 Å². The van der Waals surface area contributed by atoms with E-state index < -0.39 is 0 Å². The van der Waals surface area contributed by atoms with Crippen LogP contribution in [0.3, 0.4) is 0 Å². The fraction of sp³-hybridized carbons (Fsp3) is 1.00. The SMILES string of the molecule is CCC.CCCOC1CCN(C)CC1. The van der Waals surface area contributed by atoms with Gasteiger partial charge < -0.3 is 9.64 Å². The molecule has 14 heavy (non-hydrogen) atoms. The van der Waals surface area contributed by atoms with Gasteiger partial charge in [-0.2, -0.15) is 0 Å². The Morgan fingerprint density at radius 3 is 2.07 bits per heavy atom. The Kier molecular flexibility index (Phi) is 9.42. The Hall–Kier alpha value is -0.0800. The van der Waals surface area contributed by atoms with Crippen molar-refractivity contribution in [3.8, 4) is 0 Å². The van der Waals surface area contributed by atoms with Gasteiger partial charge in [0.2, 0.25) is 0 Å². The number of rotatable bonds is 3. The molecule has 0 N–H and O–H groups in total. The molecule has 0 bridgehead atoms. The Bertz CT molecular complexity index is 106. The Balaban J connectivity index is 0.000000500. The largest absolute Gasteiger partial charge is 0.378 e. The van der Waals surface area contributed by atoms with Crippen LogP contribution in [0.5, 0.6) is 0 Å². The van der Waals surface area contributed by atoms with Crippen LogP contribution < -0.4 is 0 Å². The predicted molar refractivity (Wildman–Crippen MR) is 62.7 cm³/mol. The molecule has 2 nitrogen and oxygen atoms in total. The van der Waals surface area contributed by atoms with E-state index in [-0.39, 0.29) is 0 Å². The fourth-order valence-electron chi connectivity index (χ4n) is 1.44. The van der Waals surface area contributed by atoms with E-state index in [1.54, 1.807) is 0 Å². The van der Waals surface area contributed by atoms with Crippen molar-refractivity contribution in [2.75, 3.05) is 26.7 Å². The van der Waals surface area contributed by atoms with Gasteiger partial charge in [-0.25, -0.2) is 0 Å². The Labute approximate surface area is 89.6 Å². The molecule has 1 saturated heterocycles. The molecule has 0 aromatic heterocycles. The molecule has 0 aromatic carbocycles. The summed E-state index contributed by atoms with van der Waals surface area (Å²) in [4.78, 5) is 2.37. The molecule has 0 spiro atoms. The second kappa shape index (κ2) is 9.47. The Morgan fingerprint density at radius 1 is 1.14 bits per heavy atom. The smallest absolute Gasteiger partial charge is 0.0599 e. The molecule has 0 aliphatic carbocycles. The van der Waals surface area contributed by atoms with E-state index in [1.165, 1.54) is 32.4 Å². The van der Waals surface area contributed by atoms with Crippen LogP contribution in [0.4, 0.5) is 0 Å². The van der Waals surface area contributed by atoms with Crippen molar-refractivity contribution >= 4 is 0 Å². The minimum Gasteiger partial charge on any atom is -0.378 e. The third-order valence-corrected chi connectivity index (χ3v) is 2.22. The molecule has 86 valence electrons. The minimum absolute atomic E-state index is 0.547. The minimum atomic E-state index is 0.547. The van der Waals surface area contributed by atoms with Gasteiger partial charge in [0.25, 0.3) is 0 Å². The first-order valence-corrected chi connectivity index (χ1v) is 6.04. The summed E-state index contributed by atoms with van der Waals surface area (Å²) >= 11 is 0. The average Bonchev–Trinajstić information content (AvgIpc) is 2.18. The highest BCUT2D eigenvalue weighted by Gasteiger charge is 2.15. The first-order chi connectivity index (χ1) is 6.74. The second-order valence-corrected chi connectivity index (χ2v) is 4.08. The molecule has 0 amide bonds. The van der Waals surface area contributed by atoms with Crippen molar-refractivity contribution in [1.82, 2.24) is 4.90 Å². The van der Waals surface area contributed by atoms with Crippen molar-refractivity contribution in [1.29, 1.82) is 0 Å². The van der Waals surface area contributed by atoms with Crippen LogP contribution in [0.2, 0.25) is 0 Å². The monoisotopic (exact) mass is 201 g/mol. The fourth-order valence-corrected chi connectivity index (χ4v) is 1.44. The highest BCUT2D eigenvalue weighted by Crippen LogP contribution is 2.11. The van der Waals surface area contributed by atoms with E-state index in [2.05, 4.69) is 32.7 Å². The van der Waals surface area contributed by atoms with Gasteiger partial charge in [0.15, 0.2) is 0 Å². The molecule has 1 fully saturated rings. The van der Waals surface area contributed by atoms with Gasteiger partial charge in [0.1, 0.15) is 0 Å². The lowest BCUT2D eigenvalue weighted by atomic mass is 10.1. The van der Waals surface area contributed by atoms with Crippen molar-refractivity contribution in [3.05, 3.63) is 0 Å². The van der Waals surface area contributed by atoms with Gasteiger partial charge in [0.05, 0.1) is 6.10 Å². The second-order valence-electron chi connectivity index (χ2n) is 4.08. The lowest BCUT2D eigenvalue weighted by Crippen LogP contribution is -2.34. The summed E-state index contributed by atoms with van der Waals surface area (Å²) in [6.07, 6.45) is 5.38. The summed E-state index contributed by atoms with van der Waals surface area (Å²) in [6.45, 7) is 9.76. The third-order valence-electron chi connectivity index (χ3n) is 2.22. The predicted octanol–water partition coefficient (Wildman–Crippen LogP) is 2.92. The molecule has 0 saturated carbocycles. The topological polar surface area (TPSA) is 12.5 Å². The molecule has 1 aliphatic heterocycles. The highest BCUT2D eigenvalue weighted by molar-refractivity contribution is 4.69. The zero-order valence-corrected chi connectivity index (χ0v) is 10.4. The summed E-state index contributed by atoms with van der Waals surface area (Å²) in [5.41, 5.74) is 0. The number of nitrogens with zero attached hydrogens (tertiary/aromatic N) is 1. The van der Waals surface area contributed by atoms with Crippen molar-refractivity contribution in [2.24, 2.45) is 0 Å². The van der Waals surface area contributed by atoms with Crippen LogP contribution in [0.15, 0.2) is 0 Å². The Morgan fingerprint density at radius 2 is 1.64 bits per heavy atom. The van der Waals surface area contributed by atoms with E-state index in [0.717, 1.165) is 13.0 Å². The van der Waals surface area contributed by atoms with Crippen molar-refractivity contribution < 1.29 is 4.74 Å². The van der Waals surface area contributed by atoms with E-state index in [0.29, 0.717) is 6.10 Å². The maximum absolute atomic E-state index is 5.65. The van der Waals surface area contributed by atoms with Crippen LogP contribution in [-0.4, -0.2) is 37.7 Å². The van der Waals surface area contributed by atoms with Crippen LogP contribution in [0, 0.1) is 0 Å². The molecular weight excluding hydrogens is 174 g/mol. The standard InChI is InChI=1S/C9H19NO.C3H8/c1-3-8-11-9-4-6-10(2)7-5-9;1-3-2/h9H,3-8H2,1-2H3;3H2,1-2H3. The summed E-state index contributed by atoms with van der Waals surface area (Å²) < 4.78 is 5.65. The molecule has 1 rings (SSSR count). The zero-order chi connectivity index (χ0) is 10.8. The molecule has 0 radical (unpaired) electrons. The molecule has 0 unspecified atom stereocenters. The summed E-state index contributed by atoms with van der Waals surface area (Å²) in [5.74, 6) is 0. The quantitative estimate of drug-likeness (QED) is 0.696. The van der Waals surface area contributed by atoms with E-state index in [9.17, 15) is 0 Å². The first-order valence-electron chi connectivity index (χ1n) is 6.04.